The molecule has 0 radical (unpaired) electrons. The van der Waals surface area contributed by atoms with Crippen molar-refractivity contribution in [3.63, 3.8) is 0 Å². The van der Waals surface area contributed by atoms with Gasteiger partial charge in [-0.2, -0.15) is 5.10 Å². The van der Waals surface area contributed by atoms with Crippen LogP contribution in [0.4, 0.5) is 5.69 Å². The molecule has 0 aliphatic carbocycles. The summed E-state index contributed by atoms with van der Waals surface area (Å²) in [6.07, 6.45) is 0. The third kappa shape index (κ3) is 2.89. The molecule has 0 saturated heterocycles. The Bertz CT molecular complexity index is 773. The van der Waals surface area contributed by atoms with Gasteiger partial charge < -0.3 is 0 Å². The Hall–Kier alpha value is -1.72. The molecule has 0 N–H and O–H groups in total. The van der Waals surface area contributed by atoms with E-state index in [0.29, 0.717) is 0 Å². The zero-order valence-electron chi connectivity index (χ0n) is 10.8. The second-order valence-corrected chi connectivity index (χ2v) is 6.14. The summed E-state index contributed by atoms with van der Waals surface area (Å²) >= 11 is 5.02. The van der Waals surface area contributed by atoms with Gasteiger partial charge in [-0.05, 0) is 24.3 Å². The van der Waals surface area contributed by atoms with E-state index in [1.54, 1.807) is 11.3 Å². The van der Waals surface area contributed by atoms with Crippen LogP contribution < -0.4 is 4.80 Å². The molecule has 3 aromatic rings. The Morgan fingerprint density at radius 3 is 2.45 bits per heavy atom. The fraction of sp³-hybridized carbons (Fsp3) is 0.0667. The highest BCUT2D eigenvalue weighted by molar-refractivity contribution is 9.10. The molecule has 0 amide bonds. The SMILES string of the molecule is Cn1nc(-c2ccc(Br)cc2)sc1=Nc1ccccc1. The average molecular weight is 346 g/mol. The maximum atomic E-state index is 4.61. The number of aryl methyl sites for hydroxylation is 1. The van der Waals surface area contributed by atoms with E-state index >= 15 is 0 Å². The molecule has 0 bridgehead atoms. The summed E-state index contributed by atoms with van der Waals surface area (Å²) in [6.45, 7) is 0. The molecule has 3 rings (SSSR count). The number of halogens is 1. The summed E-state index contributed by atoms with van der Waals surface area (Å²) in [4.78, 5) is 5.50. The quantitative estimate of drug-likeness (QED) is 0.686. The molecule has 0 aliphatic rings. The van der Waals surface area contributed by atoms with E-state index in [4.69, 9.17) is 0 Å². The molecule has 0 aliphatic heterocycles. The summed E-state index contributed by atoms with van der Waals surface area (Å²) in [5.41, 5.74) is 2.04. The molecule has 20 heavy (non-hydrogen) atoms. The summed E-state index contributed by atoms with van der Waals surface area (Å²) in [5.74, 6) is 0. The summed E-state index contributed by atoms with van der Waals surface area (Å²) in [7, 11) is 1.92. The van der Waals surface area contributed by atoms with Gasteiger partial charge in [0.05, 0.1) is 5.69 Å². The normalized spacial score (nSPS) is 11.8. The molecule has 2 aromatic carbocycles. The molecule has 0 saturated carbocycles. The molecule has 0 atom stereocenters. The van der Waals surface area contributed by atoms with Crippen molar-refractivity contribution >= 4 is 33.0 Å². The number of hydrogen-bond donors (Lipinski definition) is 0. The third-order valence-electron chi connectivity index (χ3n) is 2.78. The summed E-state index contributed by atoms with van der Waals surface area (Å²) < 4.78 is 2.88. The first-order valence-corrected chi connectivity index (χ1v) is 7.73. The van der Waals surface area contributed by atoms with Crippen molar-refractivity contribution in [3.05, 3.63) is 63.9 Å². The van der Waals surface area contributed by atoms with Crippen molar-refractivity contribution in [3.8, 4) is 10.6 Å². The van der Waals surface area contributed by atoms with Crippen LogP contribution in [0, 0.1) is 0 Å². The van der Waals surface area contributed by atoms with Crippen LogP contribution in [0.2, 0.25) is 0 Å². The second-order valence-electron chi connectivity index (χ2n) is 4.27. The van der Waals surface area contributed by atoms with Crippen LogP contribution in [0.3, 0.4) is 0 Å². The molecule has 5 heteroatoms. The Labute approximate surface area is 129 Å². The van der Waals surface area contributed by atoms with Crippen LogP contribution in [-0.4, -0.2) is 9.78 Å². The van der Waals surface area contributed by atoms with Crippen LogP contribution in [0.25, 0.3) is 10.6 Å². The van der Waals surface area contributed by atoms with E-state index in [-0.39, 0.29) is 0 Å². The molecule has 100 valence electrons. The van der Waals surface area contributed by atoms with Gasteiger partial charge in [-0.15, -0.1) is 0 Å². The number of rotatable bonds is 2. The maximum absolute atomic E-state index is 4.61. The Balaban J connectivity index is 2.03. The predicted octanol–water partition coefficient (Wildman–Crippen LogP) is 4.14. The van der Waals surface area contributed by atoms with E-state index in [0.717, 1.165) is 25.5 Å². The van der Waals surface area contributed by atoms with Gasteiger partial charge in [0, 0.05) is 17.1 Å². The Morgan fingerprint density at radius 2 is 1.75 bits per heavy atom. The monoisotopic (exact) mass is 345 g/mol. The lowest BCUT2D eigenvalue weighted by molar-refractivity contribution is 0.732. The van der Waals surface area contributed by atoms with Gasteiger partial charge in [-0.1, -0.05) is 57.6 Å². The van der Waals surface area contributed by atoms with E-state index in [2.05, 4.69) is 38.2 Å². The van der Waals surface area contributed by atoms with Crippen molar-refractivity contribution in [1.29, 1.82) is 0 Å². The van der Waals surface area contributed by atoms with Crippen LogP contribution in [0.15, 0.2) is 64.1 Å². The van der Waals surface area contributed by atoms with Crippen LogP contribution >= 0.6 is 27.3 Å². The number of para-hydroxylation sites is 1. The molecular weight excluding hydrogens is 334 g/mol. The fourth-order valence-corrected chi connectivity index (χ4v) is 2.95. The van der Waals surface area contributed by atoms with Gasteiger partial charge in [-0.25, -0.2) is 9.67 Å². The molecule has 0 spiro atoms. The Morgan fingerprint density at radius 1 is 1.05 bits per heavy atom. The minimum Gasteiger partial charge on any atom is -0.241 e. The number of benzene rings is 2. The van der Waals surface area contributed by atoms with Crippen molar-refractivity contribution in [1.82, 2.24) is 9.78 Å². The zero-order chi connectivity index (χ0) is 13.9. The standard InChI is InChI=1S/C15H12BrN3S/c1-19-15(17-13-5-3-2-4-6-13)20-14(18-19)11-7-9-12(16)10-8-11/h2-10H,1H3. The highest BCUT2D eigenvalue weighted by atomic mass is 79.9. The first-order chi connectivity index (χ1) is 9.72. The average Bonchev–Trinajstić information content (AvgIpc) is 2.82. The van der Waals surface area contributed by atoms with Crippen LogP contribution in [0.1, 0.15) is 0 Å². The van der Waals surface area contributed by atoms with Crippen molar-refractivity contribution in [2.24, 2.45) is 12.0 Å². The second kappa shape index (κ2) is 5.73. The molecule has 3 nitrogen and oxygen atoms in total. The number of nitrogens with zero attached hydrogens (tertiary/aromatic N) is 3. The largest absolute Gasteiger partial charge is 0.241 e. The third-order valence-corrected chi connectivity index (χ3v) is 4.36. The lowest BCUT2D eigenvalue weighted by Gasteiger charge is -1.94. The highest BCUT2D eigenvalue weighted by Crippen LogP contribution is 2.21. The molecule has 1 aromatic heterocycles. The van der Waals surface area contributed by atoms with Gasteiger partial charge >= 0.3 is 0 Å². The highest BCUT2D eigenvalue weighted by Gasteiger charge is 2.05. The fourth-order valence-electron chi connectivity index (χ4n) is 1.77. The lowest BCUT2D eigenvalue weighted by Crippen LogP contribution is -2.10. The number of aromatic nitrogens is 2. The molecule has 1 heterocycles. The minimum absolute atomic E-state index is 0.883. The van der Waals surface area contributed by atoms with Crippen LogP contribution in [-0.2, 0) is 7.05 Å². The van der Waals surface area contributed by atoms with Crippen molar-refractivity contribution in [2.45, 2.75) is 0 Å². The lowest BCUT2D eigenvalue weighted by atomic mass is 10.2. The smallest absolute Gasteiger partial charge is 0.208 e. The van der Waals surface area contributed by atoms with E-state index in [1.165, 1.54) is 0 Å². The van der Waals surface area contributed by atoms with Crippen molar-refractivity contribution < 1.29 is 0 Å². The van der Waals surface area contributed by atoms with E-state index in [1.807, 2.05) is 54.2 Å². The topological polar surface area (TPSA) is 30.2 Å². The first kappa shape index (κ1) is 13.3. The van der Waals surface area contributed by atoms with Gasteiger partial charge in [0.1, 0.15) is 5.01 Å². The molecule has 0 unspecified atom stereocenters. The number of hydrogen-bond acceptors (Lipinski definition) is 3. The minimum atomic E-state index is 0.883. The van der Waals surface area contributed by atoms with Gasteiger partial charge in [0.15, 0.2) is 0 Å². The van der Waals surface area contributed by atoms with Gasteiger partial charge in [0.2, 0.25) is 4.80 Å². The molecular formula is C15H12BrN3S. The first-order valence-electron chi connectivity index (χ1n) is 6.12. The summed E-state index contributed by atoms with van der Waals surface area (Å²) in [6, 6.07) is 18.1. The van der Waals surface area contributed by atoms with Crippen molar-refractivity contribution in [2.75, 3.05) is 0 Å². The van der Waals surface area contributed by atoms with Crippen LogP contribution in [0.5, 0.6) is 0 Å². The van der Waals surface area contributed by atoms with E-state index < -0.39 is 0 Å². The summed E-state index contributed by atoms with van der Waals surface area (Å²) in [5, 5.41) is 5.50. The Kier molecular flexibility index (Phi) is 3.80. The zero-order valence-corrected chi connectivity index (χ0v) is 13.2. The van der Waals surface area contributed by atoms with Gasteiger partial charge in [0.25, 0.3) is 0 Å². The maximum Gasteiger partial charge on any atom is 0.208 e. The van der Waals surface area contributed by atoms with Gasteiger partial charge in [-0.3, -0.25) is 0 Å². The predicted molar refractivity (Wildman–Crippen MR) is 85.9 cm³/mol. The van der Waals surface area contributed by atoms with E-state index in [9.17, 15) is 0 Å². The molecule has 0 fully saturated rings.